The second kappa shape index (κ2) is 7.47. The van der Waals surface area contributed by atoms with E-state index in [1.54, 1.807) is 45.0 Å². The van der Waals surface area contributed by atoms with Crippen LogP contribution in [0.2, 0.25) is 0 Å². The molecule has 1 N–H and O–H groups in total. The molecule has 0 aromatic heterocycles. The predicted molar refractivity (Wildman–Crippen MR) is 80.1 cm³/mol. The van der Waals surface area contributed by atoms with Gasteiger partial charge in [0.05, 0.1) is 11.6 Å². The fourth-order valence-corrected chi connectivity index (χ4v) is 1.45. The molecule has 1 unspecified atom stereocenters. The quantitative estimate of drug-likeness (QED) is 0.669. The van der Waals surface area contributed by atoms with Crippen molar-refractivity contribution in [3.63, 3.8) is 0 Å². The Labute approximate surface area is 124 Å². The number of hydrogen-bond donors (Lipinski definition) is 1. The van der Waals surface area contributed by atoms with Crippen molar-refractivity contribution in [1.29, 1.82) is 0 Å². The number of hydrogen-bond acceptors (Lipinski definition) is 4. The second-order valence-corrected chi connectivity index (χ2v) is 5.45. The first kappa shape index (κ1) is 16.8. The number of rotatable bonds is 5. The van der Waals surface area contributed by atoms with Gasteiger partial charge >= 0.3 is 12.1 Å². The van der Waals surface area contributed by atoms with Crippen LogP contribution in [-0.2, 0) is 9.47 Å². The number of amides is 1. The number of esters is 1. The van der Waals surface area contributed by atoms with Crippen LogP contribution in [0.15, 0.2) is 43.0 Å². The second-order valence-electron chi connectivity index (χ2n) is 5.45. The van der Waals surface area contributed by atoms with Crippen LogP contribution in [0.5, 0.6) is 0 Å². The summed E-state index contributed by atoms with van der Waals surface area (Å²) >= 11 is 0. The van der Waals surface area contributed by atoms with E-state index in [-0.39, 0.29) is 6.61 Å². The third-order valence-corrected chi connectivity index (χ3v) is 2.39. The van der Waals surface area contributed by atoms with Crippen molar-refractivity contribution in [2.45, 2.75) is 32.4 Å². The van der Waals surface area contributed by atoms with Crippen LogP contribution in [0.25, 0.3) is 0 Å². The zero-order valence-corrected chi connectivity index (χ0v) is 12.6. The Kier molecular flexibility index (Phi) is 5.96. The molecule has 0 saturated carbocycles. The third kappa shape index (κ3) is 6.61. The summed E-state index contributed by atoms with van der Waals surface area (Å²) in [6.45, 7) is 8.90. The van der Waals surface area contributed by atoms with Gasteiger partial charge in [-0.2, -0.15) is 0 Å². The highest BCUT2D eigenvalue weighted by Gasteiger charge is 2.19. The highest BCUT2D eigenvalue weighted by Crippen LogP contribution is 2.07. The van der Waals surface area contributed by atoms with E-state index in [0.29, 0.717) is 5.56 Å². The molecule has 0 spiro atoms. The van der Waals surface area contributed by atoms with Crippen molar-refractivity contribution in [2.75, 3.05) is 6.61 Å². The van der Waals surface area contributed by atoms with Gasteiger partial charge in [-0.15, -0.1) is 6.58 Å². The van der Waals surface area contributed by atoms with E-state index in [0.717, 1.165) is 0 Å². The highest BCUT2D eigenvalue weighted by atomic mass is 16.6. The first-order chi connectivity index (χ1) is 9.81. The van der Waals surface area contributed by atoms with Crippen molar-refractivity contribution in [1.82, 2.24) is 5.32 Å². The van der Waals surface area contributed by atoms with Crippen LogP contribution < -0.4 is 5.32 Å². The number of nitrogens with one attached hydrogen (secondary N) is 1. The van der Waals surface area contributed by atoms with E-state index in [1.165, 1.54) is 6.08 Å². The molecule has 1 rings (SSSR count). The number of ether oxygens (including phenoxy) is 2. The smallest absolute Gasteiger partial charge is 0.408 e. The topological polar surface area (TPSA) is 64.6 Å². The Morgan fingerprint density at radius 1 is 1.29 bits per heavy atom. The minimum atomic E-state index is -0.587. The van der Waals surface area contributed by atoms with Gasteiger partial charge in [-0.25, -0.2) is 9.59 Å². The molecule has 5 heteroatoms. The van der Waals surface area contributed by atoms with Crippen molar-refractivity contribution in [3.8, 4) is 0 Å². The van der Waals surface area contributed by atoms with Gasteiger partial charge < -0.3 is 14.8 Å². The Balaban J connectivity index is 2.46. The number of benzene rings is 1. The van der Waals surface area contributed by atoms with Gasteiger partial charge in [-0.3, -0.25) is 0 Å². The largest absolute Gasteiger partial charge is 0.460 e. The SMILES string of the molecule is C=CC(COC(=O)c1ccccc1)NC(=O)OC(C)(C)C. The molecule has 1 aromatic carbocycles. The van der Waals surface area contributed by atoms with Crippen molar-refractivity contribution < 1.29 is 19.1 Å². The lowest BCUT2D eigenvalue weighted by molar-refractivity contribution is 0.0397. The molecular formula is C16H21NO4. The normalized spacial score (nSPS) is 12.1. The lowest BCUT2D eigenvalue weighted by atomic mass is 10.2. The summed E-state index contributed by atoms with van der Waals surface area (Å²) in [7, 11) is 0. The van der Waals surface area contributed by atoms with Gasteiger partial charge in [0.2, 0.25) is 0 Å². The maximum Gasteiger partial charge on any atom is 0.408 e. The minimum Gasteiger partial charge on any atom is -0.460 e. The van der Waals surface area contributed by atoms with Gasteiger partial charge in [0.25, 0.3) is 0 Å². The molecule has 1 atom stereocenters. The van der Waals surface area contributed by atoms with Crippen LogP contribution in [0, 0.1) is 0 Å². The molecule has 0 bridgehead atoms. The summed E-state index contributed by atoms with van der Waals surface area (Å²) in [5, 5.41) is 2.57. The van der Waals surface area contributed by atoms with Crippen molar-refractivity contribution >= 4 is 12.1 Å². The van der Waals surface area contributed by atoms with E-state index < -0.39 is 23.7 Å². The highest BCUT2D eigenvalue weighted by molar-refractivity contribution is 5.89. The van der Waals surface area contributed by atoms with Gasteiger partial charge in [-0.05, 0) is 32.9 Å². The van der Waals surface area contributed by atoms with E-state index in [1.807, 2.05) is 6.07 Å². The third-order valence-electron chi connectivity index (χ3n) is 2.39. The standard InChI is InChI=1S/C16H21NO4/c1-5-13(17-15(19)21-16(2,3)4)11-20-14(18)12-9-7-6-8-10-12/h5-10,13H,1,11H2,2-4H3,(H,17,19). The van der Waals surface area contributed by atoms with Gasteiger partial charge in [0, 0.05) is 0 Å². The van der Waals surface area contributed by atoms with Crippen LogP contribution in [0.4, 0.5) is 4.79 Å². The molecule has 0 saturated heterocycles. The molecule has 0 aliphatic carbocycles. The molecule has 0 aliphatic rings. The Morgan fingerprint density at radius 2 is 1.90 bits per heavy atom. The fourth-order valence-electron chi connectivity index (χ4n) is 1.45. The Hall–Kier alpha value is -2.30. The molecular weight excluding hydrogens is 270 g/mol. The monoisotopic (exact) mass is 291 g/mol. The summed E-state index contributed by atoms with van der Waals surface area (Å²) in [5.74, 6) is -0.451. The molecule has 0 aliphatic heterocycles. The molecule has 1 aromatic rings. The summed E-state index contributed by atoms with van der Waals surface area (Å²) in [4.78, 5) is 23.4. The van der Waals surface area contributed by atoms with Crippen LogP contribution in [-0.4, -0.2) is 30.3 Å². The Morgan fingerprint density at radius 3 is 2.43 bits per heavy atom. The summed E-state index contributed by atoms with van der Waals surface area (Å²) in [5.41, 5.74) is -0.131. The Bertz CT molecular complexity index is 491. The zero-order valence-electron chi connectivity index (χ0n) is 12.6. The van der Waals surface area contributed by atoms with E-state index in [4.69, 9.17) is 9.47 Å². The number of carbonyl (C=O) groups excluding carboxylic acids is 2. The average molecular weight is 291 g/mol. The van der Waals surface area contributed by atoms with Crippen LogP contribution >= 0.6 is 0 Å². The van der Waals surface area contributed by atoms with Gasteiger partial charge in [0.1, 0.15) is 12.2 Å². The predicted octanol–water partition coefficient (Wildman–Crippen LogP) is 2.92. The molecule has 114 valence electrons. The van der Waals surface area contributed by atoms with Crippen molar-refractivity contribution in [3.05, 3.63) is 48.6 Å². The molecule has 0 fully saturated rings. The first-order valence-electron chi connectivity index (χ1n) is 6.66. The number of alkyl carbamates (subject to hydrolysis) is 1. The van der Waals surface area contributed by atoms with Gasteiger partial charge in [-0.1, -0.05) is 24.3 Å². The maximum absolute atomic E-state index is 11.8. The summed E-state index contributed by atoms with van der Waals surface area (Å²) in [6.07, 6.45) is 0.908. The van der Waals surface area contributed by atoms with Crippen molar-refractivity contribution in [2.24, 2.45) is 0 Å². The average Bonchev–Trinajstić information content (AvgIpc) is 2.42. The molecule has 21 heavy (non-hydrogen) atoms. The maximum atomic E-state index is 11.8. The molecule has 5 nitrogen and oxygen atoms in total. The summed E-state index contributed by atoms with van der Waals surface area (Å²) < 4.78 is 10.3. The minimum absolute atomic E-state index is 0.00350. The fraction of sp³-hybridized carbons (Fsp3) is 0.375. The lowest BCUT2D eigenvalue weighted by Gasteiger charge is -2.22. The summed E-state index contributed by atoms with van der Waals surface area (Å²) in [6, 6.07) is 8.13. The molecule has 0 heterocycles. The van der Waals surface area contributed by atoms with Crippen LogP contribution in [0.3, 0.4) is 0 Å². The first-order valence-corrected chi connectivity index (χ1v) is 6.66. The molecule has 1 amide bonds. The lowest BCUT2D eigenvalue weighted by Crippen LogP contribution is -2.40. The molecule has 0 radical (unpaired) electrons. The van der Waals surface area contributed by atoms with Crippen LogP contribution in [0.1, 0.15) is 31.1 Å². The van der Waals surface area contributed by atoms with E-state index in [2.05, 4.69) is 11.9 Å². The van der Waals surface area contributed by atoms with Gasteiger partial charge in [0.15, 0.2) is 0 Å². The zero-order chi connectivity index (χ0) is 15.9. The number of carbonyl (C=O) groups is 2. The van der Waals surface area contributed by atoms with E-state index in [9.17, 15) is 9.59 Å². The van der Waals surface area contributed by atoms with E-state index >= 15 is 0 Å².